The molecule has 2 N–H and O–H groups in total. The predicted molar refractivity (Wildman–Crippen MR) is 110 cm³/mol. The monoisotopic (exact) mass is 372 g/mol. The van der Waals surface area contributed by atoms with Gasteiger partial charge in [-0.1, -0.05) is 42.5 Å². The molecule has 0 saturated carbocycles. The second-order valence-electron chi connectivity index (χ2n) is 7.57. The van der Waals surface area contributed by atoms with E-state index in [0.717, 1.165) is 18.7 Å². The second-order valence-corrected chi connectivity index (χ2v) is 7.57. The van der Waals surface area contributed by atoms with Crippen LogP contribution in [0, 0.1) is 6.92 Å². The molecule has 0 radical (unpaired) electrons. The summed E-state index contributed by atoms with van der Waals surface area (Å²) in [7, 11) is 0. The molecule has 1 aliphatic rings. The maximum Gasteiger partial charge on any atom is 0.129 e. The zero-order valence-corrected chi connectivity index (χ0v) is 16.0. The number of rotatable bonds is 4. The van der Waals surface area contributed by atoms with E-state index in [9.17, 15) is 5.11 Å². The van der Waals surface area contributed by atoms with Crippen molar-refractivity contribution in [2.24, 2.45) is 0 Å². The maximum absolute atomic E-state index is 9.32. The first-order valence-electron chi connectivity index (χ1n) is 9.82. The first-order valence-corrected chi connectivity index (χ1v) is 9.82. The topological polar surface area (TPSA) is 52.4 Å². The normalized spacial score (nSPS) is 17.1. The van der Waals surface area contributed by atoms with Gasteiger partial charge in [0.2, 0.25) is 0 Å². The van der Waals surface area contributed by atoms with Gasteiger partial charge in [0, 0.05) is 23.1 Å². The van der Waals surface area contributed by atoms with E-state index in [-0.39, 0.29) is 12.6 Å². The van der Waals surface area contributed by atoms with Crippen LogP contribution in [0.3, 0.4) is 0 Å². The van der Waals surface area contributed by atoms with Gasteiger partial charge >= 0.3 is 0 Å². The Morgan fingerprint density at radius 3 is 2.64 bits per heavy atom. The van der Waals surface area contributed by atoms with Crippen LogP contribution in [0.5, 0.6) is 0 Å². The molecular weight excluding hydrogens is 348 g/mol. The van der Waals surface area contributed by atoms with Crippen molar-refractivity contribution in [2.75, 3.05) is 6.54 Å². The van der Waals surface area contributed by atoms with Crippen LogP contribution in [0.1, 0.15) is 39.9 Å². The average molecular weight is 372 g/mol. The summed E-state index contributed by atoms with van der Waals surface area (Å²) in [4.78, 5) is 6.18. The lowest BCUT2D eigenvalue weighted by Crippen LogP contribution is -2.35. The molecule has 5 rings (SSSR count). The van der Waals surface area contributed by atoms with Gasteiger partial charge in [0.15, 0.2) is 0 Å². The fraction of sp³-hybridized carbons (Fsp3) is 0.250. The van der Waals surface area contributed by atoms with Gasteiger partial charge in [-0.2, -0.15) is 0 Å². The Hall–Kier alpha value is -2.82. The van der Waals surface area contributed by atoms with Crippen LogP contribution in [0.2, 0.25) is 0 Å². The van der Waals surface area contributed by atoms with E-state index < -0.39 is 0 Å². The Bertz CT molecular complexity index is 1120. The number of fused-ring (bicyclic) bond motifs is 3. The highest BCUT2D eigenvalue weighted by Crippen LogP contribution is 2.40. The molecule has 2 aromatic heterocycles. The van der Waals surface area contributed by atoms with Crippen molar-refractivity contribution in [1.82, 2.24) is 9.88 Å². The van der Waals surface area contributed by atoms with E-state index in [0.29, 0.717) is 12.3 Å². The molecule has 4 nitrogen and oxygen atoms in total. The minimum Gasteiger partial charge on any atom is -0.462 e. The zero-order valence-electron chi connectivity index (χ0n) is 16.0. The van der Waals surface area contributed by atoms with Crippen LogP contribution in [0.25, 0.3) is 10.9 Å². The van der Waals surface area contributed by atoms with Gasteiger partial charge in [-0.3, -0.25) is 4.90 Å². The Morgan fingerprint density at radius 1 is 1.04 bits per heavy atom. The van der Waals surface area contributed by atoms with Crippen LogP contribution < -0.4 is 0 Å². The van der Waals surface area contributed by atoms with Crippen molar-refractivity contribution in [1.29, 1.82) is 0 Å². The summed E-state index contributed by atoms with van der Waals surface area (Å²) in [5.41, 5.74) is 6.53. The third-order valence-corrected chi connectivity index (χ3v) is 5.85. The summed E-state index contributed by atoms with van der Waals surface area (Å²) in [6.07, 6.45) is 1.01. The lowest BCUT2D eigenvalue weighted by atomic mass is 9.90. The molecular formula is C24H24N2O2. The highest BCUT2D eigenvalue weighted by atomic mass is 16.4. The largest absolute Gasteiger partial charge is 0.462 e. The number of benzene rings is 2. The predicted octanol–water partition coefficient (Wildman–Crippen LogP) is 4.71. The number of hydrogen-bond donors (Lipinski definition) is 2. The lowest BCUT2D eigenvalue weighted by molar-refractivity contribution is 0.179. The first kappa shape index (κ1) is 17.3. The summed E-state index contributed by atoms with van der Waals surface area (Å²) < 4.78 is 5.80. The number of nitrogens with zero attached hydrogens (tertiary/aromatic N) is 1. The van der Waals surface area contributed by atoms with Crippen molar-refractivity contribution in [2.45, 2.75) is 32.5 Å². The quantitative estimate of drug-likeness (QED) is 0.545. The van der Waals surface area contributed by atoms with Crippen molar-refractivity contribution < 1.29 is 9.52 Å². The average Bonchev–Trinajstić information content (AvgIpc) is 3.32. The van der Waals surface area contributed by atoms with Crippen molar-refractivity contribution >= 4 is 10.9 Å². The Labute approximate surface area is 164 Å². The molecule has 4 heteroatoms. The molecule has 28 heavy (non-hydrogen) atoms. The van der Waals surface area contributed by atoms with Gasteiger partial charge in [-0.15, -0.1) is 0 Å². The standard InChI is InChI=1S/C24H24N2O2/c1-16-6-2-3-7-19(16)24-23-21(20-8-4-5-9-22(20)25-23)12-13-26(24)14-17-10-11-18(15-27)28-17/h2-11,24-25,27H,12-15H2,1H3. The smallest absolute Gasteiger partial charge is 0.129 e. The van der Waals surface area contributed by atoms with Crippen LogP contribution >= 0.6 is 0 Å². The van der Waals surface area contributed by atoms with Crippen LogP contribution in [0.15, 0.2) is 65.1 Å². The summed E-state index contributed by atoms with van der Waals surface area (Å²) in [5, 5.41) is 10.7. The van der Waals surface area contributed by atoms with Gasteiger partial charge in [-0.25, -0.2) is 0 Å². The number of furan rings is 1. The highest BCUT2D eigenvalue weighted by Gasteiger charge is 2.32. The third kappa shape index (κ3) is 2.86. The maximum atomic E-state index is 9.32. The van der Waals surface area contributed by atoms with Gasteiger partial charge in [0.05, 0.1) is 12.6 Å². The zero-order chi connectivity index (χ0) is 19.1. The number of H-pyrrole nitrogens is 1. The Balaban J connectivity index is 1.62. The summed E-state index contributed by atoms with van der Waals surface area (Å²) in [6, 6.07) is 21.2. The second kappa shape index (κ2) is 6.97. The van der Waals surface area contributed by atoms with Gasteiger partial charge in [-0.05, 0) is 48.2 Å². The van der Waals surface area contributed by atoms with Gasteiger partial charge in [0.25, 0.3) is 0 Å². The molecule has 1 unspecified atom stereocenters. The fourth-order valence-corrected chi connectivity index (χ4v) is 4.50. The Morgan fingerprint density at radius 2 is 1.82 bits per heavy atom. The van der Waals surface area contributed by atoms with Crippen molar-refractivity contribution in [3.05, 3.63) is 94.6 Å². The molecule has 1 atom stereocenters. The van der Waals surface area contributed by atoms with E-state index in [1.165, 1.54) is 33.3 Å². The molecule has 0 aliphatic carbocycles. The third-order valence-electron chi connectivity index (χ3n) is 5.85. The Kier molecular flexibility index (Phi) is 4.30. The summed E-state index contributed by atoms with van der Waals surface area (Å²) in [5.74, 6) is 1.51. The van der Waals surface area contributed by atoms with E-state index in [1.807, 2.05) is 12.1 Å². The number of nitrogens with one attached hydrogen (secondary N) is 1. The van der Waals surface area contributed by atoms with Crippen molar-refractivity contribution in [3.8, 4) is 0 Å². The number of aliphatic hydroxyl groups excluding tert-OH is 1. The van der Waals surface area contributed by atoms with Crippen LogP contribution in [0.4, 0.5) is 0 Å². The molecule has 142 valence electrons. The molecule has 0 spiro atoms. The highest BCUT2D eigenvalue weighted by molar-refractivity contribution is 5.85. The summed E-state index contributed by atoms with van der Waals surface area (Å²) >= 11 is 0. The number of para-hydroxylation sites is 1. The number of aromatic amines is 1. The van der Waals surface area contributed by atoms with Gasteiger partial charge < -0.3 is 14.5 Å². The number of aliphatic hydroxyl groups is 1. The number of aryl methyl sites for hydroxylation is 1. The molecule has 0 fully saturated rings. The van der Waals surface area contributed by atoms with Crippen LogP contribution in [-0.4, -0.2) is 21.5 Å². The minimum atomic E-state index is -0.0621. The molecule has 0 amide bonds. The van der Waals surface area contributed by atoms with Crippen LogP contribution in [-0.2, 0) is 19.6 Å². The fourth-order valence-electron chi connectivity index (χ4n) is 4.50. The SMILES string of the molecule is Cc1ccccc1C1c2[nH]c3ccccc3c2CCN1Cc1ccc(CO)o1. The molecule has 2 aromatic carbocycles. The molecule has 0 bridgehead atoms. The van der Waals surface area contributed by atoms with E-state index in [2.05, 4.69) is 65.3 Å². The molecule has 3 heterocycles. The molecule has 0 saturated heterocycles. The van der Waals surface area contributed by atoms with E-state index >= 15 is 0 Å². The van der Waals surface area contributed by atoms with Gasteiger partial charge in [0.1, 0.15) is 18.1 Å². The van der Waals surface area contributed by atoms with E-state index in [1.54, 1.807) is 0 Å². The summed E-state index contributed by atoms with van der Waals surface area (Å²) in [6.45, 7) is 3.80. The minimum absolute atomic E-state index is 0.0621. The van der Waals surface area contributed by atoms with Crippen molar-refractivity contribution in [3.63, 3.8) is 0 Å². The first-order chi connectivity index (χ1) is 13.7. The number of aromatic nitrogens is 1. The lowest BCUT2D eigenvalue weighted by Gasteiger charge is -2.36. The van der Waals surface area contributed by atoms with E-state index in [4.69, 9.17) is 4.42 Å². The molecule has 4 aromatic rings. The number of hydrogen-bond acceptors (Lipinski definition) is 3. The molecule has 1 aliphatic heterocycles.